The molecule has 1 saturated heterocycles. The average molecular weight is 746 g/mol. The first-order valence-electron chi connectivity index (χ1n) is 15.2. The Balaban J connectivity index is 1.40. The smallest absolute Gasteiger partial charge is 0.475 e. The molecule has 246 valence electrons. The number of halogens is 1. The van der Waals surface area contributed by atoms with Gasteiger partial charge in [0.1, 0.15) is 12.2 Å². The molecule has 16 heteroatoms. The summed E-state index contributed by atoms with van der Waals surface area (Å²) in [6.45, 7) is 8.80. The summed E-state index contributed by atoms with van der Waals surface area (Å²) >= 11 is 2.25. The van der Waals surface area contributed by atoms with Gasteiger partial charge in [-0.25, -0.2) is 14.2 Å². The predicted molar refractivity (Wildman–Crippen MR) is 181 cm³/mol. The molecule has 46 heavy (non-hydrogen) atoms. The van der Waals surface area contributed by atoms with Crippen LogP contribution in [0.15, 0.2) is 24.4 Å². The molecule has 0 saturated carbocycles. The van der Waals surface area contributed by atoms with Crippen molar-refractivity contribution in [3.05, 3.63) is 45.1 Å². The van der Waals surface area contributed by atoms with Gasteiger partial charge < -0.3 is 24.3 Å². The quantitative estimate of drug-likeness (QED) is 0.180. The summed E-state index contributed by atoms with van der Waals surface area (Å²) in [5, 5.41) is 33.4. The minimum atomic E-state index is -1.61. The monoisotopic (exact) mass is 746 g/mol. The summed E-state index contributed by atoms with van der Waals surface area (Å²) in [5.41, 5.74) is 3.71. The molecular formula is C30H40BIN8O6. The maximum Gasteiger partial charge on any atom is 0.480 e. The Bertz CT molecular complexity index is 1720. The summed E-state index contributed by atoms with van der Waals surface area (Å²) in [4.78, 5) is 19.5. The number of rotatable bonds is 10. The van der Waals surface area contributed by atoms with Crippen molar-refractivity contribution in [2.45, 2.75) is 65.3 Å². The molecule has 1 aliphatic heterocycles. The Hall–Kier alpha value is -3.48. The van der Waals surface area contributed by atoms with Gasteiger partial charge in [-0.2, -0.15) is 15.3 Å². The second kappa shape index (κ2) is 14.1. The maximum atomic E-state index is 13.2. The molecule has 1 amide bonds. The van der Waals surface area contributed by atoms with Crippen LogP contribution in [0.4, 0.5) is 4.79 Å². The fourth-order valence-electron chi connectivity index (χ4n) is 5.16. The highest BCUT2D eigenvalue weighted by molar-refractivity contribution is 14.1. The van der Waals surface area contributed by atoms with Crippen LogP contribution in [0.25, 0.3) is 28.2 Å². The third-order valence-electron chi connectivity index (χ3n) is 7.56. The summed E-state index contributed by atoms with van der Waals surface area (Å²) in [7, 11) is 2.04. The van der Waals surface area contributed by atoms with Crippen LogP contribution in [0, 0.1) is 10.5 Å². The molecule has 1 aliphatic rings. The molecule has 0 aliphatic carbocycles. The number of carbonyl (C=O) groups is 1. The van der Waals surface area contributed by atoms with Gasteiger partial charge in [0.05, 0.1) is 57.2 Å². The first-order valence-corrected chi connectivity index (χ1v) is 16.3. The molecule has 5 heterocycles. The lowest BCUT2D eigenvalue weighted by atomic mass is 9.91. The summed E-state index contributed by atoms with van der Waals surface area (Å²) in [6.07, 6.45) is 7.16. The van der Waals surface area contributed by atoms with Crippen molar-refractivity contribution < 1.29 is 29.1 Å². The van der Waals surface area contributed by atoms with E-state index >= 15 is 0 Å². The number of fused-ring (bicyclic) bond motifs is 1. The van der Waals surface area contributed by atoms with E-state index in [1.54, 1.807) is 39.8 Å². The Morgan fingerprint density at radius 1 is 1.22 bits per heavy atom. The van der Waals surface area contributed by atoms with Crippen LogP contribution < -0.4 is 4.74 Å². The number of carbonyl (C=O) groups excluding carboxylic acids is 1. The maximum absolute atomic E-state index is 13.2. The Labute approximate surface area is 281 Å². The topological polar surface area (TPSA) is 155 Å². The number of pyridine rings is 1. The third-order valence-corrected chi connectivity index (χ3v) is 8.96. The number of nitrogens with zero attached hydrogens (tertiary/aromatic N) is 8. The fraction of sp³-hybridized carbons (Fsp3) is 0.500. The van der Waals surface area contributed by atoms with E-state index < -0.39 is 18.8 Å². The molecule has 0 spiro atoms. The van der Waals surface area contributed by atoms with Crippen LogP contribution in [0.2, 0.25) is 0 Å². The number of hydrogen-bond donors (Lipinski definition) is 2. The lowest BCUT2D eigenvalue weighted by Gasteiger charge is -2.27. The van der Waals surface area contributed by atoms with Gasteiger partial charge in [0.25, 0.3) is 0 Å². The van der Waals surface area contributed by atoms with E-state index in [1.807, 2.05) is 45.5 Å². The molecule has 0 bridgehead atoms. The number of aryl methyl sites for hydroxylation is 2. The second-order valence-corrected chi connectivity index (χ2v) is 13.3. The van der Waals surface area contributed by atoms with E-state index in [4.69, 9.17) is 24.3 Å². The van der Waals surface area contributed by atoms with Gasteiger partial charge >= 0.3 is 13.2 Å². The van der Waals surface area contributed by atoms with Crippen molar-refractivity contribution in [1.29, 1.82) is 0 Å². The number of hydrogen-bond acceptors (Lipinski definition) is 10. The van der Waals surface area contributed by atoms with Gasteiger partial charge in [0, 0.05) is 31.8 Å². The Morgan fingerprint density at radius 2 is 2.00 bits per heavy atom. The van der Waals surface area contributed by atoms with Gasteiger partial charge in [-0.05, 0) is 81.7 Å². The standard InChI is InChI=1S/C30H40BIN8O6/c1-19-27(32)24(35-37(19)5)18-39(29(41)46-30(2,3)4)12-14-45-28-21(16-34-38(28)6)23-15-20-22(10-11-31(42)43)36-40(25(20)17-33-23)26-9-7-8-13-44-26/h10-11,15-17,26,42-43H,7-9,12-14,18H2,1-6H3/b11-10+. The van der Waals surface area contributed by atoms with E-state index in [0.717, 1.165) is 45.1 Å². The summed E-state index contributed by atoms with van der Waals surface area (Å²) in [5.74, 6) is 1.74. The van der Waals surface area contributed by atoms with E-state index in [1.165, 1.54) is 5.98 Å². The SMILES string of the molecule is Cc1c(I)c(CN(CCOc2c(-c3cc4c(/C=C/B(O)O)nn(C5CCCCO5)c4cn3)cnn2C)C(=O)OC(C)(C)C)nn1C. The zero-order chi connectivity index (χ0) is 33.2. The van der Waals surface area contributed by atoms with E-state index in [2.05, 4.69) is 32.8 Å². The van der Waals surface area contributed by atoms with Crippen LogP contribution in [0.5, 0.6) is 5.88 Å². The van der Waals surface area contributed by atoms with Gasteiger partial charge in [-0.15, -0.1) is 0 Å². The highest BCUT2D eigenvalue weighted by Crippen LogP contribution is 2.33. The minimum Gasteiger partial charge on any atom is -0.475 e. The zero-order valence-electron chi connectivity index (χ0n) is 27.0. The van der Waals surface area contributed by atoms with Crippen molar-refractivity contribution in [3.8, 4) is 17.1 Å². The molecule has 5 rings (SSSR count). The van der Waals surface area contributed by atoms with Crippen molar-refractivity contribution in [2.24, 2.45) is 14.1 Å². The first kappa shape index (κ1) is 33.9. The van der Waals surface area contributed by atoms with Crippen molar-refractivity contribution in [1.82, 2.24) is 39.2 Å². The fourth-order valence-corrected chi connectivity index (χ4v) is 5.79. The van der Waals surface area contributed by atoms with E-state index in [9.17, 15) is 14.8 Å². The Kier molecular flexibility index (Phi) is 10.4. The molecule has 0 radical (unpaired) electrons. The normalized spacial score (nSPS) is 15.5. The van der Waals surface area contributed by atoms with Crippen LogP contribution in [0.3, 0.4) is 0 Å². The van der Waals surface area contributed by atoms with Crippen molar-refractivity contribution in [2.75, 3.05) is 19.8 Å². The number of ether oxygens (including phenoxy) is 3. The number of amides is 1. The summed E-state index contributed by atoms with van der Waals surface area (Å²) < 4.78 is 24.2. The minimum absolute atomic E-state index is 0.162. The lowest BCUT2D eigenvalue weighted by Crippen LogP contribution is -2.39. The van der Waals surface area contributed by atoms with E-state index in [0.29, 0.717) is 29.4 Å². The molecule has 1 unspecified atom stereocenters. The zero-order valence-corrected chi connectivity index (χ0v) is 29.1. The third kappa shape index (κ3) is 7.73. The second-order valence-electron chi connectivity index (χ2n) is 12.2. The first-order chi connectivity index (χ1) is 21.8. The molecule has 1 fully saturated rings. The van der Waals surface area contributed by atoms with Crippen LogP contribution >= 0.6 is 22.6 Å². The molecule has 14 nitrogen and oxygen atoms in total. The summed E-state index contributed by atoms with van der Waals surface area (Å²) in [6, 6.07) is 1.88. The van der Waals surface area contributed by atoms with Crippen LogP contribution in [-0.4, -0.2) is 87.8 Å². The highest BCUT2D eigenvalue weighted by Gasteiger charge is 2.26. The van der Waals surface area contributed by atoms with Crippen molar-refractivity contribution >= 4 is 52.8 Å². The van der Waals surface area contributed by atoms with Gasteiger partial charge in [0.2, 0.25) is 5.88 Å². The largest absolute Gasteiger partial charge is 0.480 e. The van der Waals surface area contributed by atoms with Crippen LogP contribution in [-0.2, 0) is 30.1 Å². The molecule has 0 aromatic carbocycles. The van der Waals surface area contributed by atoms with Gasteiger partial charge in [0.15, 0.2) is 6.23 Å². The predicted octanol–water partition coefficient (Wildman–Crippen LogP) is 4.02. The molecule has 1 atom stereocenters. The number of aromatic nitrogens is 7. The molecule has 4 aromatic rings. The van der Waals surface area contributed by atoms with Gasteiger partial charge in [-0.3, -0.25) is 14.6 Å². The average Bonchev–Trinajstić information content (AvgIpc) is 3.64. The highest BCUT2D eigenvalue weighted by atomic mass is 127. The molecular weight excluding hydrogens is 706 g/mol. The van der Waals surface area contributed by atoms with Gasteiger partial charge in [-0.1, -0.05) is 5.98 Å². The lowest BCUT2D eigenvalue weighted by molar-refractivity contribution is -0.0367. The van der Waals surface area contributed by atoms with E-state index in [-0.39, 0.29) is 25.9 Å². The molecule has 4 aromatic heterocycles. The Morgan fingerprint density at radius 3 is 2.65 bits per heavy atom. The van der Waals surface area contributed by atoms with Crippen LogP contribution in [0.1, 0.15) is 63.3 Å². The molecule has 2 N–H and O–H groups in total. The van der Waals surface area contributed by atoms with Crippen molar-refractivity contribution in [3.63, 3.8) is 0 Å².